The van der Waals surface area contributed by atoms with Crippen molar-refractivity contribution in [1.29, 1.82) is 0 Å². The summed E-state index contributed by atoms with van der Waals surface area (Å²) in [6.45, 7) is 1.80. The van der Waals surface area contributed by atoms with Crippen molar-refractivity contribution in [1.82, 2.24) is 16.0 Å². The minimum Gasteiger partial charge on any atom is -0.392 e. The summed E-state index contributed by atoms with van der Waals surface area (Å²) < 4.78 is 17.9. The molecule has 3 rings (SSSR count). The molecule has 0 bridgehead atoms. The van der Waals surface area contributed by atoms with Crippen LogP contribution in [0.4, 0.5) is 0 Å². The highest BCUT2D eigenvalue weighted by Crippen LogP contribution is 2.37. The second-order valence-corrected chi connectivity index (χ2v) is 12.3. The van der Waals surface area contributed by atoms with Gasteiger partial charge in [-0.1, -0.05) is 0 Å². The van der Waals surface area contributed by atoms with Crippen molar-refractivity contribution in [3.63, 3.8) is 0 Å². The Kier molecular flexibility index (Phi) is 13.9. The Morgan fingerprint density at radius 2 is 1.67 bits per heavy atom. The van der Waals surface area contributed by atoms with Gasteiger partial charge in [-0.05, 0) is 33.4 Å². The van der Waals surface area contributed by atoms with Crippen LogP contribution in [0.1, 0.15) is 19.8 Å². The number of hydrogen-bond donors (Lipinski definition) is 14. The first-order valence-electron chi connectivity index (χ1n) is 15.0. The van der Waals surface area contributed by atoms with Crippen LogP contribution in [0.3, 0.4) is 0 Å². The van der Waals surface area contributed by atoms with E-state index >= 15 is 0 Å². The van der Waals surface area contributed by atoms with Crippen LogP contribution < -0.4 is 33.2 Å². The van der Waals surface area contributed by atoms with Crippen LogP contribution in [-0.4, -0.2) is 178 Å². The zero-order valence-electron chi connectivity index (χ0n) is 24.9. The molecule has 16 unspecified atom stereocenters. The summed E-state index contributed by atoms with van der Waals surface area (Å²) in [7, 11) is 1.57. The first kappa shape index (κ1) is 36.8. The number of rotatable bonds is 14. The summed E-state index contributed by atoms with van der Waals surface area (Å²) in [5, 5.41) is 94.5. The fourth-order valence-electron chi connectivity index (χ4n) is 6.35. The zero-order valence-corrected chi connectivity index (χ0v) is 24.9. The molecule has 254 valence electrons. The average Bonchev–Trinajstić information content (AvgIpc) is 2.95. The number of hydrogen-bond acceptors (Lipinski definition) is 17. The summed E-state index contributed by atoms with van der Waals surface area (Å²) in [4.78, 5) is 0. The lowest BCUT2D eigenvalue weighted by molar-refractivity contribution is -0.303. The molecule has 3 aliphatic rings. The molecule has 0 aromatic rings. The molecule has 1 saturated carbocycles. The van der Waals surface area contributed by atoms with E-state index in [4.69, 9.17) is 31.4 Å². The number of aliphatic hydroxyl groups excluding tert-OH is 7. The van der Waals surface area contributed by atoms with Crippen LogP contribution in [0.5, 0.6) is 0 Å². The molecular weight excluding hydrogens is 572 g/mol. The van der Waals surface area contributed by atoms with E-state index < -0.39 is 97.0 Å². The third-order valence-electron chi connectivity index (χ3n) is 8.82. The zero-order chi connectivity index (χ0) is 32.1. The van der Waals surface area contributed by atoms with Crippen molar-refractivity contribution in [2.45, 2.75) is 111 Å². The fraction of sp³-hybridized carbons (Fsp3) is 1.00. The number of ether oxygens (including phenoxy) is 3. The molecule has 2 heterocycles. The van der Waals surface area contributed by atoms with Crippen LogP contribution >= 0.6 is 0 Å². The van der Waals surface area contributed by atoms with E-state index in [1.807, 2.05) is 0 Å². The van der Waals surface area contributed by atoms with Crippen LogP contribution in [0.15, 0.2) is 0 Å². The molecule has 43 heavy (non-hydrogen) atoms. The molecule has 0 aromatic heterocycles. The maximum Gasteiger partial charge on any atom is 0.185 e. The molecule has 1 aliphatic carbocycles. The predicted octanol–water partition coefficient (Wildman–Crippen LogP) is -7.44. The Balaban J connectivity index is 1.82. The lowest BCUT2D eigenvalue weighted by Crippen LogP contribution is -2.71. The van der Waals surface area contributed by atoms with E-state index in [0.717, 1.165) is 0 Å². The third-order valence-corrected chi connectivity index (χ3v) is 8.82. The van der Waals surface area contributed by atoms with E-state index in [0.29, 0.717) is 6.42 Å². The summed E-state index contributed by atoms with van der Waals surface area (Å²) in [6.07, 6.45) is -13.3. The van der Waals surface area contributed by atoms with Crippen LogP contribution in [0.2, 0.25) is 0 Å². The SMILES string of the molecule is CNC1C(O)C(OC2C(NCC(O)CN)CC(N)C(C3OC(CNCC(O)CCN)C(O)C(O)C3O)C2O)OCC1(C)O. The highest BCUT2D eigenvalue weighted by atomic mass is 16.7. The largest absolute Gasteiger partial charge is 0.392 e. The first-order chi connectivity index (χ1) is 20.3. The third kappa shape index (κ3) is 8.78. The van der Waals surface area contributed by atoms with Gasteiger partial charge >= 0.3 is 0 Å². The van der Waals surface area contributed by atoms with Gasteiger partial charge in [-0.15, -0.1) is 0 Å². The summed E-state index contributed by atoms with van der Waals surface area (Å²) >= 11 is 0. The normalized spacial score (nSPS) is 45.6. The van der Waals surface area contributed by atoms with E-state index in [1.54, 1.807) is 7.05 Å². The molecule has 3 fully saturated rings. The number of nitrogens with one attached hydrogen (secondary N) is 3. The van der Waals surface area contributed by atoms with Gasteiger partial charge in [0.15, 0.2) is 6.29 Å². The summed E-state index contributed by atoms with van der Waals surface area (Å²) in [5.41, 5.74) is 16.1. The van der Waals surface area contributed by atoms with Crippen molar-refractivity contribution in [2.75, 3.05) is 46.4 Å². The average molecular weight is 627 g/mol. The molecule has 0 amide bonds. The van der Waals surface area contributed by atoms with Gasteiger partial charge in [-0.25, -0.2) is 0 Å². The lowest BCUT2D eigenvalue weighted by Gasteiger charge is -2.52. The van der Waals surface area contributed by atoms with Crippen molar-refractivity contribution >= 4 is 0 Å². The second-order valence-electron chi connectivity index (χ2n) is 12.3. The van der Waals surface area contributed by atoms with Gasteiger partial charge in [0.2, 0.25) is 0 Å². The quantitative estimate of drug-likeness (QED) is 0.0851. The van der Waals surface area contributed by atoms with Crippen molar-refractivity contribution < 1.29 is 55.1 Å². The summed E-state index contributed by atoms with van der Waals surface area (Å²) in [5.74, 6) is -1.02. The minimum absolute atomic E-state index is 0.00958. The highest BCUT2D eigenvalue weighted by molar-refractivity contribution is 5.07. The number of aliphatic hydroxyl groups is 8. The Morgan fingerprint density at radius 3 is 2.30 bits per heavy atom. The van der Waals surface area contributed by atoms with Gasteiger partial charge in [0.05, 0.1) is 43.2 Å². The van der Waals surface area contributed by atoms with Gasteiger partial charge in [0.1, 0.15) is 36.1 Å². The van der Waals surface area contributed by atoms with Gasteiger partial charge in [0, 0.05) is 44.2 Å². The van der Waals surface area contributed by atoms with E-state index in [2.05, 4.69) is 16.0 Å². The monoisotopic (exact) mass is 626 g/mol. The molecule has 2 aliphatic heterocycles. The maximum absolute atomic E-state index is 11.7. The standard InChI is InChI=1S/C26H54N6O11/c1-26(40)10-41-25(21(39)24(26)30-2)43-22-14(32-8-12(34)6-28)5-13(29)16(18(22)36)23-20(38)19(37)17(35)15(42-23)9-31-7-11(33)3-4-27/h11-25,30-40H,3-10,27-29H2,1-2H3. The summed E-state index contributed by atoms with van der Waals surface area (Å²) in [6, 6.07) is -2.31. The van der Waals surface area contributed by atoms with Gasteiger partial charge in [0.25, 0.3) is 0 Å². The van der Waals surface area contributed by atoms with E-state index in [-0.39, 0.29) is 45.8 Å². The number of likely N-dealkylation sites (N-methyl/N-ethyl adjacent to an activating group) is 1. The molecule has 17 nitrogen and oxygen atoms in total. The minimum atomic E-state index is -1.63. The molecule has 0 aromatic carbocycles. The van der Waals surface area contributed by atoms with Crippen LogP contribution in [0, 0.1) is 5.92 Å². The Bertz CT molecular complexity index is 836. The lowest BCUT2D eigenvalue weighted by atomic mass is 9.72. The van der Waals surface area contributed by atoms with Gasteiger partial charge < -0.3 is 88.2 Å². The number of nitrogens with two attached hydrogens (primary N) is 3. The molecule has 17 N–H and O–H groups in total. The van der Waals surface area contributed by atoms with Crippen LogP contribution in [0.25, 0.3) is 0 Å². The van der Waals surface area contributed by atoms with Crippen molar-refractivity contribution in [2.24, 2.45) is 23.1 Å². The second kappa shape index (κ2) is 16.2. The van der Waals surface area contributed by atoms with Gasteiger partial charge in [-0.3, -0.25) is 0 Å². The fourth-order valence-corrected chi connectivity index (χ4v) is 6.35. The molecular formula is C26H54N6O11. The molecule has 16 atom stereocenters. The molecule has 2 saturated heterocycles. The maximum atomic E-state index is 11.7. The van der Waals surface area contributed by atoms with Crippen LogP contribution in [-0.2, 0) is 14.2 Å². The van der Waals surface area contributed by atoms with E-state index in [1.165, 1.54) is 6.92 Å². The molecule has 17 heteroatoms. The van der Waals surface area contributed by atoms with Crippen molar-refractivity contribution in [3.05, 3.63) is 0 Å². The molecule has 0 spiro atoms. The topological polar surface area (TPSA) is 304 Å². The van der Waals surface area contributed by atoms with E-state index in [9.17, 15) is 40.9 Å². The Hall–Kier alpha value is -0.680. The Labute approximate surface area is 251 Å². The molecule has 0 radical (unpaired) electrons. The first-order valence-corrected chi connectivity index (χ1v) is 15.0. The van der Waals surface area contributed by atoms with Crippen molar-refractivity contribution in [3.8, 4) is 0 Å². The smallest absolute Gasteiger partial charge is 0.185 e. The van der Waals surface area contributed by atoms with Gasteiger partial charge in [-0.2, -0.15) is 0 Å². The Morgan fingerprint density at radius 1 is 0.977 bits per heavy atom. The highest BCUT2D eigenvalue weighted by Gasteiger charge is 2.55. The predicted molar refractivity (Wildman–Crippen MR) is 152 cm³/mol.